The first-order valence-electron chi connectivity index (χ1n) is 9.01. The van der Waals surface area contributed by atoms with Crippen LogP contribution in [0.25, 0.3) is 10.9 Å². The van der Waals surface area contributed by atoms with Gasteiger partial charge >= 0.3 is 6.18 Å². The lowest BCUT2D eigenvalue weighted by atomic mass is 9.76. The van der Waals surface area contributed by atoms with E-state index in [1.807, 2.05) is 0 Å². The highest BCUT2D eigenvalue weighted by molar-refractivity contribution is 7.89. The maximum atomic E-state index is 13.4. The van der Waals surface area contributed by atoms with Gasteiger partial charge in [0.25, 0.3) is 0 Å². The van der Waals surface area contributed by atoms with Crippen LogP contribution in [0.3, 0.4) is 0 Å². The molecule has 0 radical (unpaired) electrons. The number of anilines is 1. The van der Waals surface area contributed by atoms with Crippen LogP contribution < -0.4 is 10.5 Å². The molecule has 0 spiro atoms. The van der Waals surface area contributed by atoms with Gasteiger partial charge < -0.3 is 5.32 Å². The summed E-state index contributed by atoms with van der Waals surface area (Å²) in [4.78, 5) is 3.68. The summed E-state index contributed by atoms with van der Waals surface area (Å²) in [5, 5.41) is 12.7. The normalized spacial score (nSPS) is 21.8. The Morgan fingerprint density at radius 2 is 1.94 bits per heavy atom. The molecule has 166 valence electrons. The van der Waals surface area contributed by atoms with Crippen LogP contribution in [0, 0.1) is 0 Å². The molecule has 0 saturated heterocycles. The van der Waals surface area contributed by atoms with Gasteiger partial charge in [0, 0.05) is 28.8 Å². The van der Waals surface area contributed by atoms with Crippen LogP contribution in [0.2, 0.25) is 10.0 Å². The highest BCUT2D eigenvalue weighted by Gasteiger charge is 2.51. The lowest BCUT2D eigenvalue weighted by Crippen LogP contribution is -2.57. The summed E-state index contributed by atoms with van der Waals surface area (Å²) in [6.45, 7) is 0.0833. The molecule has 0 aliphatic heterocycles. The number of sulfonamides is 1. The standard InChI is InChI=1S/C18H16Cl2F3N5O2S/c19-10-1-2-14-13(3-10)15(4-16(27-14)18(21,22)23)25-9-17(28-8-11(20)7-26-28)5-12(6-17)31(24,29)30/h1-4,7-8,12H,5-6,9H2,(H,25,27)(H2,24,29,30). The van der Waals surface area contributed by atoms with Gasteiger partial charge in [0.1, 0.15) is 5.69 Å². The van der Waals surface area contributed by atoms with E-state index in [1.165, 1.54) is 35.3 Å². The van der Waals surface area contributed by atoms with Crippen LogP contribution in [0.4, 0.5) is 18.9 Å². The summed E-state index contributed by atoms with van der Waals surface area (Å²) >= 11 is 12.0. The molecule has 1 aliphatic rings. The van der Waals surface area contributed by atoms with Crippen molar-refractivity contribution in [3.05, 3.63) is 52.4 Å². The second-order valence-electron chi connectivity index (χ2n) is 7.51. The third kappa shape index (κ3) is 4.32. The lowest BCUT2D eigenvalue weighted by molar-refractivity contribution is -0.140. The summed E-state index contributed by atoms with van der Waals surface area (Å²) in [6, 6.07) is 5.27. The van der Waals surface area contributed by atoms with Gasteiger partial charge in [0.05, 0.1) is 27.5 Å². The third-order valence-corrected chi connectivity index (χ3v) is 7.08. The van der Waals surface area contributed by atoms with Crippen molar-refractivity contribution in [2.75, 3.05) is 11.9 Å². The monoisotopic (exact) mass is 493 g/mol. The Kier molecular flexibility index (Phi) is 5.36. The second kappa shape index (κ2) is 7.51. The number of hydrogen-bond acceptors (Lipinski definition) is 5. The molecule has 3 N–H and O–H groups in total. The first-order valence-corrected chi connectivity index (χ1v) is 11.4. The van der Waals surface area contributed by atoms with Gasteiger partial charge in [0.15, 0.2) is 0 Å². The molecule has 1 aliphatic carbocycles. The molecule has 0 unspecified atom stereocenters. The average molecular weight is 494 g/mol. The van der Waals surface area contributed by atoms with E-state index in [-0.39, 0.29) is 30.6 Å². The predicted molar refractivity (Wildman–Crippen MR) is 112 cm³/mol. The molecule has 2 heterocycles. The average Bonchev–Trinajstić information content (AvgIpc) is 3.05. The van der Waals surface area contributed by atoms with Gasteiger partial charge in [-0.05, 0) is 37.1 Å². The Balaban J connectivity index is 1.71. The zero-order chi connectivity index (χ0) is 22.6. The first kappa shape index (κ1) is 22.1. The Morgan fingerprint density at radius 1 is 1.23 bits per heavy atom. The molecule has 1 fully saturated rings. The van der Waals surface area contributed by atoms with Crippen LogP contribution in [0.5, 0.6) is 0 Å². The minimum Gasteiger partial charge on any atom is -0.382 e. The van der Waals surface area contributed by atoms with E-state index in [4.69, 9.17) is 28.3 Å². The highest BCUT2D eigenvalue weighted by atomic mass is 35.5. The number of nitrogens with one attached hydrogen (secondary N) is 1. The Hall–Kier alpha value is -2.08. The van der Waals surface area contributed by atoms with Crippen LogP contribution in [0.1, 0.15) is 18.5 Å². The van der Waals surface area contributed by atoms with Crippen molar-refractivity contribution in [1.29, 1.82) is 0 Å². The molecule has 31 heavy (non-hydrogen) atoms. The molecule has 2 aromatic heterocycles. The number of fused-ring (bicyclic) bond motifs is 1. The molecule has 13 heteroatoms. The summed E-state index contributed by atoms with van der Waals surface area (Å²) in [6.07, 6.45) is -1.45. The van der Waals surface area contributed by atoms with Crippen molar-refractivity contribution in [1.82, 2.24) is 14.8 Å². The topological polar surface area (TPSA) is 103 Å². The molecule has 1 saturated carbocycles. The van der Waals surface area contributed by atoms with Gasteiger partial charge in [0.2, 0.25) is 10.0 Å². The number of halogens is 5. The molecule has 1 aromatic carbocycles. The number of benzene rings is 1. The van der Waals surface area contributed by atoms with Crippen LogP contribution >= 0.6 is 23.2 Å². The third-order valence-electron chi connectivity index (χ3n) is 5.39. The van der Waals surface area contributed by atoms with Crippen molar-refractivity contribution in [2.24, 2.45) is 5.14 Å². The van der Waals surface area contributed by atoms with Gasteiger partial charge in [-0.1, -0.05) is 23.2 Å². The summed E-state index contributed by atoms with van der Waals surface area (Å²) in [7, 11) is -3.77. The van der Waals surface area contributed by atoms with E-state index < -0.39 is 32.7 Å². The quantitative estimate of drug-likeness (QED) is 0.558. The number of aromatic nitrogens is 3. The van der Waals surface area contributed by atoms with Crippen molar-refractivity contribution in [2.45, 2.75) is 29.8 Å². The predicted octanol–water partition coefficient (Wildman–Crippen LogP) is 4.02. The highest BCUT2D eigenvalue weighted by Crippen LogP contribution is 2.43. The largest absolute Gasteiger partial charge is 0.433 e. The van der Waals surface area contributed by atoms with Gasteiger partial charge in [-0.25, -0.2) is 18.5 Å². The number of alkyl halides is 3. The fourth-order valence-electron chi connectivity index (χ4n) is 3.74. The minimum atomic E-state index is -4.65. The Morgan fingerprint density at radius 3 is 2.52 bits per heavy atom. The molecular weight excluding hydrogens is 478 g/mol. The molecular formula is C18H16Cl2F3N5O2S. The number of nitrogens with two attached hydrogens (primary N) is 1. The van der Waals surface area contributed by atoms with Crippen molar-refractivity contribution in [3.63, 3.8) is 0 Å². The zero-order valence-electron chi connectivity index (χ0n) is 15.7. The van der Waals surface area contributed by atoms with E-state index in [0.717, 1.165) is 6.07 Å². The van der Waals surface area contributed by atoms with E-state index in [0.29, 0.717) is 15.4 Å². The molecule has 0 amide bonds. The zero-order valence-corrected chi connectivity index (χ0v) is 18.0. The molecule has 4 rings (SSSR count). The van der Waals surface area contributed by atoms with E-state index in [1.54, 1.807) is 0 Å². The maximum absolute atomic E-state index is 13.4. The summed E-state index contributed by atoms with van der Waals surface area (Å²) < 4.78 is 65.0. The van der Waals surface area contributed by atoms with E-state index in [9.17, 15) is 21.6 Å². The fraction of sp³-hybridized carbons (Fsp3) is 0.333. The molecule has 0 atom stereocenters. The minimum absolute atomic E-state index is 0.0833. The molecule has 7 nitrogen and oxygen atoms in total. The van der Waals surface area contributed by atoms with E-state index in [2.05, 4.69) is 15.4 Å². The maximum Gasteiger partial charge on any atom is 0.433 e. The Labute approximate surface area is 185 Å². The fourth-order valence-corrected chi connectivity index (χ4v) is 5.14. The Bertz CT molecular complexity index is 1260. The van der Waals surface area contributed by atoms with Gasteiger partial charge in [-0.3, -0.25) is 4.68 Å². The van der Waals surface area contributed by atoms with Crippen molar-refractivity contribution < 1.29 is 21.6 Å². The van der Waals surface area contributed by atoms with Crippen molar-refractivity contribution >= 4 is 49.8 Å². The van der Waals surface area contributed by atoms with Crippen LogP contribution in [-0.4, -0.2) is 35.0 Å². The van der Waals surface area contributed by atoms with Crippen LogP contribution in [-0.2, 0) is 21.7 Å². The number of nitrogens with zero attached hydrogens (tertiary/aromatic N) is 3. The molecule has 0 bridgehead atoms. The number of pyridine rings is 1. The lowest BCUT2D eigenvalue weighted by Gasteiger charge is -2.46. The van der Waals surface area contributed by atoms with Gasteiger partial charge in [-0.2, -0.15) is 18.3 Å². The van der Waals surface area contributed by atoms with Crippen molar-refractivity contribution in [3.8, 4) is 0 Å². The second-order valence-corrected chi connectivity index (χ2v) is 10.2. The smallest absolute Gasteiger partial charge is 0.382 e. The van der Waals surface area contributed by atoms with Gasteiger partial charge in [-0.15, -0.1) is 0 Å². The first-order chi connectivity index (χ1) is 14.4. The summed E-state index contributed by atoms with van der Waals surface area (Å²) in [5.74, 6) is 0. The summed E-state index contributed by atoms with van der Waals surface area (Å²) in [5.41, 5.74) is -1.61. The van der Waals surface area contributed by atoms with E-state index >= 15 is 0 Å². The number of rotatable bonds is 5. The van der Waals surface area contributed by atoms with Crippen LogP contribution in [0.15, 0.2) is 36.7 Å². The number of hydrogen-bond donors (Lipinski definition) is 2. The molecule has 3 aromatic rings. The SMILES string of the molecule is NS(=O)(=O)C1CC(CNc2cc(C(F)(F)F)nc3ccc(Cl)cc23)(n2cc(Cl)cn2)C1. The number of primary sulfonamides is 1.